The highest BCUT2D eigenvalue weighted by molar-refractivity contribution is 5.81. The van der Waals surface area contributed by atoms with Crippen molar-refractivity contribution in [3.63, 3.8) is 0 Å². The number of alkyl halides is 3. The summed E-state index contributed by atoms with van der Waals surface area (Å²) in [5.74, 6) is -0.499. The summed E-state index contributed by atoms with van der Waals surface area (Å²) in [5.41, 5.74) is 0. The average molecular weight is 228 g/mol. The molecule has 0 aromatic heterocycles. The standard InChI is InChI=1S/C7H11F3N2O3/c1-11-5(13)3-12(2)6(14)15-4-7(8,9)10/h3-4H2,1-2H3,(H,11,13). The van der Waals surface area contributed by atoms with Crippen LogP contribution >= 0.6 is 0 Å². The summed E-state index contributed by atoms with van der Waals surface area (Å²) in [6.07, 6.45) is -5.76. The zero-order valence-electron chi connectivity index (χ0n) is 8.22. The van der Waals surface area contributed by atoms with Crippen LogP contribution in [0, 0.1) is 0 Å². The van der Waals surface area contributed by atoms with E-state index in [1.165, 1.54) is 7.05 Å². The number of halogens is 3. The largest absolute Gasteiger partial charge is 0.440 e. The number of amides is 2. The van der Waals surface area contributed by atoms with Crippen LogP contribution in [0.5, 0.6) is 0 Å². The zero-order chi connectivity index (χ0) is 12.1. The first kappa shape index (κ1) is 13.5. The van der Waals surface area contributed by atoms with Crippen LogP contribution in [-0.4, -0.2) is 50.3 Å². The molecule has 0 spiro atoms. The van der Waals surface area contributed by atoms with Crippen LogP contribution in [-0.2, 0) is 9.53 Å². The van der Waals surface area contributed by atoms with E-state index in [1.807, 2.05) is 0 Å². The lowest BCUT2D eigenvalue weighted by molar-refractivity contribution is -0.162. The number of hydrogen-bond acceptors (Lipinski definition) is 3. The molecule has 0 atom stereocenters. The van der Waals surface area contributed by atoms with E-state index in [4.69, 9.17) is 0 Å². The molecule has 0 heterocycles. The molecule has 0 fully saturated rings. The Labute approximate surface area is 84.2 Å². The lowest BCUT2D eigenvalue weighted by Crippen LogP contribution is -2.38. The Kier molecular flexibility index (Phi) is 4.89. The minimum atomic E-state index is -4.57. The number of nitrogens with zero attached hydrogens (tertiary/aromatic N) is 1. The number of rotatable bonds is 3. The van der Waals surface area contributed by atoms with E-state index >= 15 is 0 Å². The first-order chi connectivity index (χ1) is 6.76. The Morgan fingerprint density at radius 2 is 1.93 bits per heavy atom. The van der Waals surface area contributed by atoms with Gasteiger partial charge >= 0.3 is 12.3 Å². The lowest BCUT2D eigenvalue weighted by Gasteiger charge is -2.16. The third-order valence-electron chi connectivity index (χ3n) is 1.33. The van der Waals surface area contributed by atoms with Gasteiger partial charge in [-0.25, -0.2) is 4.79 Å². The Bertz CT molecular complexity index is 242. The second-order valence-corrected chi connectivity index (χ2v) is 2.70. The van der Waals surface area contributed by atoms with Gasteiger partial charge in [-0.2, -0.15) is 13.2 Å². The zero-order valence-corrected chi connectivity index (χ0v) is 8.22. The predicted octanol–water partition coefficient (Wildman–Crippen LogP) is 0.363. The number of hydrogen-bond donors (Lipinski definition) is 1. The van der Waals surface area contributed by atoms with Gasteiger partial charge in [0.1, 0.15) is 6.54 Å². The van der Waals surface area contributed by atoms with Crippen molar-refractivity contribution in [2.24, 2.45) is 0 Å². The lowest BCUT2D eigenvalue weighted by atomic mass is 10.5. The van der Waals surface area contributed by atoms with Crippen LogP contribution in [0.2, 0.25) is 0 Å². The van der Waals surface area contributed by atoms with Crippen LogP contribution in [0.1, 0.15) is 0 Å². The Hall–Kier alpha value is -1.47. The van der Waals surface area contributed by atoms with Crippen molar-refractivity contribution in [3.05, 3.63) is 0 Å². The molecule has 0 aromatic rings. The summed E-state index contributed by atoms with van der Waals surface area (Å²) < 4.78 is 38.8. The second kappa shape index (κ2) is 5.42. The quantitative estimate of drug-likeness (QED) is 0.758. The average Bonchev–Trinajstić information content (AvgIpc) is 2.12. The molecule has 0 radical (unpaired) electrons. The highest BCUT2D eigenvalue weighted by Crippen LogP contribution is 2.14. The Morgan fingerprint density at radius 3 is 2.33 bits per heavy atom. The normalized spacial score (nSPS) is 10.7. The Morgan fingerprint density at radius 1 is 1.40 bits per heavy atom. The summed E-state index contributed by atoms with van der Waals surface area (Å²) in [5, 5.41) is 2.21. The molecule has 5 nitrogen and oxygen atoms in total. The topological polar surface area (TPSA) is 58.6 Å². The van der Waals surface area contributed by atoms with Gasteiger partial charge in [0.2, 0.25) is 5.91 Å². The Balaban J connectivity index is 3.95. The van der Waals surface area contributed by atoms with Gasteiger partial charge in [0.05, 0.1) is 0 Å². The molecular formula is C7H11F3N2O3. The molecule has 0 unspecified atom stereocenters. The molecule has 0 rings (SSSR count). The van der Waals surface area contributed by atoms with Crippen molar-refractivity contribution in [2.45, 2.75) is 6.18 Å². The van der Waals surface area contributed by atoms with Crippen LogP contribution in [0.3, 0.4) is 0 Å². The second-order valence-electron chi connectivity index (χ2n) is 2.70. The van der Waals surface area contributed by atoms with Gasteiger partial charge in [-0.1, -0.05) is 0 Å². The molecule has 88 valence electrons. The molecule has 0 saturated heterocycles. The van der Waals surface area contributed by atoms with E-state index in [9.17, 15) is 22.8 Å². The van der Waals surface area contributed by atoms with Crippen molar-refractivity contribution in [3.8, 4) is 0 Å². The smallest absolute Gasteiger partial charge is 0.422 e. The number of carbonyl (C=O) groups is 2. The third-order valence-corrected chi connectivity index (χ3v) is 1.33. The fourth-order valence-corrected chi connectivity index (χ4v) is 0.613. The minimum absolute atomic E-state index is 0.354. The maximum absolute atomic E-state index is 11.6. The van der Waals surface area contributed by atoms with Crippen molar-refractivity contribution >= 4 is 12.0 Å². The molecule has 0 saturated carbocycles. The molecule has 0 aliphatic heterocycles. The van der Waals surface area contributed by atoms with E-state index in [1.54, 1.807) is 0 Å². The number of ether oxygens (including phenoxy) is 1. The number of nitrogens with one attached hydrogen (secondary N) is 1. The van der Waals surface area contributed by atoms with Crippen molar-refractivity contribution < 1.29 is 27.5 Å². The summed E-state index contributed by atoms with van der Waals surface area (Å²) >= 11 is 0. The molecule has 8 heteroatoms. The van der Waals surface area contributed by atoms with Crippen molar-refractivity contribution in [2.75, 3.05) is 27.2 Å². The van der Waals surface area contributed by atoms with Gasteiger partial charge in [0.25, 0.3) is 0 Å². The van der Waals surface area contributed by atoms with Crippen molar-refractivity contribution in [1.29, 1.82) is 0 Å². The first-order valence-corrected chi connectivity index (χ1v) is 3.91. The summed E-state index contributed by atoms with van der Waals surface area (Å²) in [6, 6.07) is 0. The fraction of sp³-hybridized carbons (Fsp3) is 0.714. The molecule has 2 amide bonds. The SMILES string of the molecule is CNC(=O)CN(C)C(=O)OCC(F)(F)F. The first-order valence-electron chi connectivity index (χ1n) is 3.91. The molecular weight excluding hydrogens is 217 g/mol. The van der Waals surface area contributed by atoms with E-state index in [0.29, 0.717) is 0 Å². The minimum Gasteiger partial charge on any atom is -0.440 e. The van der Waals surface area contributed by atoms with E-state index in [2.05, 4.69) is 10.1 Å². The molecule has 15 heavy (non-hydrogen) atoms. The summed E-state index contributed by atoms with van der Waals surface area (Å²) in [7, 11) is 2.51. The number of carbonyl (C=O) groups excluding carboxylic acids is 2. The highest BCUT2D eigenvalue weighted by atomic mass is 19.4. The van der Waals surface area contributed by atoms with Gasteiger partial charge in [-0.3, -0.25) is 4.79 Å². The van der Waals surface area contributed by atoms with Crippen LogP contribution in [0.15, 0.2) is 0 Å². The monoisotopic (exact) mass is 228 g/mol. The van der Waals surface area contributed by atoms with Crippen LogP contribution in [0.25, 0.3) is 0 Å². The number of likely N-dealkylation sites (N-methyl/N-ethyl adjacent to an activating group) is 2. The van der Waals surface area contributed by atoms with E-state index < -0.39 is 24.8 Å². The molecule has 0 bridgehead atoms. The summed E-state index contributed by atoms with van der Waals surface area (Å²) in [6.45, 7) is -2.02. The molecule has 0 aliphatic rings. The molecule has 0 aliphatic carbocycles. The van der Waals surface area contributed by atoms with Gasteiger partial charge in [-0.15, -0.1) is 0 Å². The van der Waals surface area contributed by atoms with Gasteiger partial charge in [-0.05, 0) is 0 Å². The van der Waals surface area contributed by atoms with E-state index in [0.717, 1.165) is 11.9 Å². The van der Waals surface area contributed by atoms with Gasteiger partial charge in [0, 0.05) is 14.1 Å². The maximum Gasteiger partial charge on any atom is 0.422 e. The van der Waals surface area contributed by atoms with Gasteiger partial charge < -0.3 is 15.0 Å². The predicted molar refractivity (Wildman–Crippen MR) is 44.1 cm³/mol. The fourth-order valence-electron chi connectivity index (χ4n) is 0.613. The van der Waals surface area contributed by atoms with Gasteiger partial charge in [0.15, 0.2) is 6.61 Å². The van der Waals surface area contributed by atoms with Crippen LogP contribution in [0.4, 0.5) is 18.0 Å². The molecule has 1 N–H and O–H groups in total. The highest BCUT2D eigenvalue weighted by Gasteiger charge is 2.30. The third kappa shape index (κ3) is 6.58. The van der Waals surface area contributed by atoms with Crippen molar-refractivity contribution in [1.82, 2.24) is 10.2 Å². The van der Waals surface area contributed by atoms with E-state index in [-0.39, 0.29) is 6.54 Å². The molecule has 0 aromatic carbocycles. The van der Waals surface area contributed by atoms with Crippen LogP contribution < -0.4 is 5.32 Å². The maximum atomic E-state index is 11.6. The summed E-state index contributed by atoms with van der Waals surface area (Å²) in [4.78, 5) is 22.4.